The molecule has 0 spiro atoms. The summed E-state index contributed by atoms with van der Waals surface area (Å²) in [6, 6.07) is 1.95. The molecule has 0 aliphatic heterocycles. The lowest BCUT2D eigenvalue weighted by Crippen LogP contribution is -2.33. The number of carbonyl (C=O) groups is 1. The molecule has 0 aliphatic carbocycles. The van der Waals surface area contributed by atoms with Crippen LogP contribution in [0.4, 0.5) is 4.79 Å². The van der Waals surface area contributed by atoms with Crippen LogP contribution >= 0.6 is 0 Å². The first-order valence-electron chi connectivity index (χ1n) is 4.71. The molecule has 80 valence electrons. The van der Waals surface area contributed by atoms with E-state index in [1.54, 1.807) is 0 Å². The van der Waals surface area contributed by atoms with E-state index in [1.165, 1.54) is 4.90 Å². The van der Waals surface area contributed by atoms with E-state index in [0.717, 1.165) is 6.42 Å². The van der Waals surface area contributed by atoms with Crippen molar-refractivity contribution in [1.29, 1.82) is 5.26 Å². The third-order valence-corrected chi connectivity index (χ3v) is 1.90. The van der Waals surface area contributed by atoms with Gasteiger partial charge in [0.25, 0.3) is 0 Å². The normalized spacial score (nSPS) is 10.7. The number of hydrogen-bond donors (Lipinski definition) is 1. The minimum Gasteiger partial charge on any atom is -0.465 e. The average molecular weight is 198 g/mol. The summed E-state index contributed by atoms with van der Waals surface area (Å²) in [4.78, 5) is 12.0. The van der Waals surface area contributed by atoms with Crippen molar-refractivity contribution in [3.8, 4) is 6.07 Å². The number of nitriles is 1. The van der Waals surface area contributed by atoms with Crippen molar-refractivity contribution in [2.45, 2.75) is 33.6 Å². The number of amides is 1. The summed E-state index contributed by atoms with van der Waals surface area (Å²) in [5.74, 6) is 0. The predicted octanol–water partition coefficient (Wildman–Crippen LogP) is 2.32. The topological polar surface area (TPSA) is 64.3 Å². The Bertz CT molecular complexity index is 225. The van der Waals surface area contributed by atoms with E-state index in [0.29, 0.717) is 13.1 Å². The van der Waals surface area contributed by atoms with Gasteiger partial charge in [-0.2, -0.15) is 5.26 Å². The highest BCUT2D eigenvalue weighted by molar-refractivity contribution is 5.64. The molecular formula is C10H18N2O2. The van der Waals surface area contributed by atoms with Gasteiger partial charge in [0.15, 0.2) is 0 Å². The van der Waals surface area contributed by atoms with E-state index in [-0.39, 0.29) is 11.8 Å². The fraction of sp³-hybridized carbons (Fsp3) is 0.800. The third kappa shape index (κ3) is 6.30. The van der Waals surface area contributed by atoms with E-state index in [2.05, 4.69) is 20.8 Å². The maximum Gasteiger partial charge on any atom is 0.407 e. The van der Waals surface area contributed by atoms with Gasteiger partial charge >= 0.3 is 6.09 Å². The lowest BCUT2D eigenvalue weighted by atomic mass is 9.92. The highest BCUT2D eigenvalue weighted by atomic mass is 16.4. The SMILES string of the molecule is CC(C)(C)CCN(CCC#N)C(=O)O. The minimum absolute atomic E-state index is 0.125. The van der Waals surface area contributed by atoms with Crippen molar-refractivity contribution in [3.63, 3.8) is 0 Å². The second kappa shape index (κ2) is 5.48. The smallest absolute Gasteiger partial charge is 0.407 e. The summed E-state index contributed by atoms with van der Waals surface area (Å²) in [5.41, 5.74) is 0.125. The maximum atomic E-state index is 10.7. The number of rotatable bonds is 4. The standard InChI is InChI=1S/C10H18N2O2/c1-10(2,3)5-8-12(9(13)14)7-4-6-11/h4-5,7-8H2,1-3H3,(H,13,14). The van der Waals surface area contributed by atoms with Gasteiger partial charge in [0.1, 0.15) is 0 Å². The molecule has 4 nitrogen and oxygen atoms in total. The summed E-state index contributed by atoms with van der Waals surface area (Å²) >= 11 is 0. The van der Waals surface area contributed by atoms with Crippen molar-refractivity contribution in [3.05, 3.63) is 0 Å². The van der Waals surface area contributed by atoms with E-state index >= 15 is 0 Å². The van der Waals surface area contributed by atoms with Crippen LogP contribution in [-0.2, 0) is 0 Å². The van der Waals surface area contributed by atoms with Crippen LogP contribution in [0.15, 0.2) is 0 Å². The number of nitrogens with zero attached hydrogens (tertiary/aromatic N) is 2. The van der Waals surface area contributed by atoms with Crippen molar-refractivity contribution >= 4 is 6.09 Å². The lowest BCUT2D eigenvalue weighted by Gasteiger charge is -2.23. The molecule has 0 saturated carbocycles. The molecule has 0 saturated heterocycles. The summed E-state index contributed by atoms with van der Waals surface area (Å²) in [6.45, 7) is 7.01. The zero-order valence-corrected chi connectivity index (χ0v) is 9.08. The molecule has 14 heavy (non-hydrogen) atoms. The Morgan fingerprint density at radius 3 is 2.36 bits per heavy atom. The second-order valence-electron chi connectivity index (χ2n) is 4.49. The molecule has 0 heterocycles. The summed E-state index contributed by atoms with van der Waals surface area (Å²) < 4.78 is 0. The van der Waals surface area contributed by atoms with Crippen LogP contribution in [0.2, 0.25) is 0 Å². The highest BCUT2D eigenvalue weighted by Crippen LogP contribution is 2.18. The quantitative estimate of drug-likeness (QED) is 0.753. The molecule has 0 aromatic carbocycles. The van der Waals surface area contributed by atoms with Crippen LogP contribution in [0.1, 0.15) is 33.6 Å². The molecule has 1 amide bonds. The van der Waals surface area contributed by atoms with E-state index in [9.17, 15) is 4.79 Å². The van der Waals surface area contributed by atoms with Crippen molar-refractivity contribution in [2.75, 3.05) is 13.1 Å². The van der Waals surface area contributed by atoms with Gasteiger partial charge in [-0.25, -0.2) is 4.79 Å². The predicted molar refractivity (Wildman–Crippen MR) is 53.9 cm³/mol. The monoisotopic (exact) mass is 198 g/mol. The van der Waals surface area contributed by atoms with E-state index < -0.39 is 6.09 Å². The molecule has 0 aromatic rings. The van der Waals surface area contributed by atoms with Gasteiger partial charge in [0, 0.05) is 13.1 Å². The van der Waals surface area contributed by atoms with Gasteiger partial charge in [-0.05, 0) is 11.8 Å². The van der Waals surface area contributed by atoms with Crippen LogP contribution in [0.25, 0.3) is 0 Å². The molecule has 0 bridgehead atoms. The van der Waals surface area contributed by atoms with Gasteiger partial charge in [-0.15, -0.1) is 0 Å². The van der Waals surface area contributed by atoms with Crippen LogP contribution < -0.4 is 0 Å². The molecule has 0 fully saturated rings. The molecule has 0 aromatic heterocycles. The first-order chi connectivity index (χ1) is 6.37. The van der Waals surface area contributed by atoms with Crippen LogP contribution in [0.3, 0.4) is 0 Å². The summed E-state index contributed by atoms with van der Waals surface area (Å²) in [6.07, 6.45) is 0.130. The highest BCUT2D eigenvalue weighted by Gasteiger charge is 2.16. The Labute approximate surface area is 85.1 Å². The zero-order valence-electron chi connectivity index (χ0n) is 9.08. The minimum atomic E-state index is -0.940. The fourth-order valence-electron chi connectivity index (χ4n) is 0.958. The van der Waals surface area contributed by atoms with Crippen LogP contribution in [0.5, 0.6) is 0 Å². The zero-order chi connectivity index (χ0) is 11.2. The van der Waals surface area contributed by atoms with Crippen LogP contribution in [-0.4, -0.2) is 29.2 Å². The molecule has 0 radical (unpaired) electrons. The maximum absolute atomic E-state index is 10.7. The van der Waals surface area contributed by atoms with Crippen molar-refractivity contribution in [1.82, 2.24) is 4.90 Å². The molecular weight excluding hydrogens is 180 g/mol. The van der Waals surface area contributed by atoms with E-state index in [4.69, 9.17) is 10.4 Å². The average Bonchev–Trinajstić information content (AvgIpc) is 2.01. The first-order valence-corrected chi connectivity index (χ1v) is 4.71. The Morgan fingerprint density at radius 2 is 2.00 bits per heavy atom. The van der Waals surface area contributed by atoms with Gasteiger partial charge in [0.05, 0.1) is 12.5 Å². The van der Waals surface area contributed by atoms with Gasteiger partial charge in [-0.1, -0.05) is 20.8 Å². The third-order valence-electron chi connectivity index (χ3n) is 1.90. The fourth-order valence-corrected chi connectivity index (χ4v) is 0.958. The number of carboxylic acid groups (broad SMARTS) is 1. The molecule has 0 atom stereocenters. The molecule has 0 unspecified atom stereocenters. The van der Waals surface area contributed by atoms with Crippen molar-refractivity contribution in [2.24, 2.45) is 5.41 Å². The van der Waals surface area contributed by atoms with Gasteiger partial charge in [0.2, 0.25) is 0 Å². The Kier molecular flexibility index (Phi) is 5.00. The second-order valence-corrected chi connectivity index (χ2v) is 4.49. The largest absolute Gasteiger partial charge is 0.465 e. The summed E-state index contributed by atoms with van der Waals surface area (Å²) in [7, 11) is 0. The first kappa shape index (κ1) is 12.8. The molecule has 4 heteroatoms. The lowest BCUT2D eigenvalue weighted by molar-refractivity contribution is 0.139. The summed E-state index contributed by atoms with van der Waals surface area (Å²) in [5, 5.41) is 17.2. The molecule has 0 rings (SSSR count). The Morgan fingerprint density at radius 1 is 1.43 bits per heavy atom. The Hall–Kier alpha value is -1.24. The Balaban J connectivity index is 3.99. The van der Waals surface area contributed by atoms with Crippen molar-refractivity contribution < 1.29 is 9.90 Å². The van der Waals surface area contributed by atoms with Gasteiger partial charge < -0.3 is 10.0 Å². The van der Waals surface area contributed by atoms with E-state index in [1.807, 2.05) is 6.07 Å². The molecule has 1 N–H and O–H groups in total. The molecule has 0 aliphatic rings. The van der Waals surface area contributed by atoms with Crippen LogP contribution in [0, 0.1) is 16.7 Å². The number of hydrogen-bond acceptors (Lipinski definition) is 2. The van der Waals surface area contributed by atoms with Gasteiger partial charge in [-0.3, -0.25) is 0 Å².